The molecule has 0 spiro atoms. The molecule has 2 heterocycles. The molecule has 0 aliphatic carbocycles. The first kappa shape index (κ1) is 23.6. The number of ether oxygens (including phenoxy) is 1. The minimum atomic E-state index is -0.288. The second-order valence-electron chi connectivity index (χ2n) is 8.89. The van der Waals surface area contributed by atoms with Crippen molar-refractivity contribution in [2.45, 2.75) is 13.5 Å². The van der Waals surface area contributed by atoms with E-state index < -0.39 is 0 Å². The molecule has 1 amide bonds. The van der Waals surface area contributed by atoms with Crippen LogP contribution in [0.1, 0.15) is 21.7 Å². The van der Waals surface area contributed by atoms with Gasteiger partial charge in [-0.3, -0.25) is 9.69 Å². The quantitative estimate of drug-likeness (QED) is 0.426. The zero-order valence-corrected chi connectivity index (χ0v) is 20.6. The lowest BCUT2D eigenvalue weighted by molar-refractivity contribution is 0.102. The topological polar surface area (TPSA) is 75.5 Å². The predicted octanol–water partition coefficient (Wildman–Crippen LogP) is 4.16. The molecule has 5 rings (SSSR count). The van der Waals surface area contributed by atoms with Crippen molar-refractivity contribution in [3.63, 3.8) is 0 Å². The highest BCUT2D eigenvalue weighted by Gasteiger charge is 2.19. The number of nitrogens with one attached hydrogen (secondary N) is 1. The maximum absolute atomic E-state index is 12.9. The molecule has 36 heavy (non-hydrogen) atoms. The summed E-state index contributed by atoms with van der Waals surface area (Å²) in [5.41, 5.74) is 4.97. The van der Waals surface area contributed by atoms with Gasteiger partial charge in [0.25, 0.3) is 5.91 Å². The molecular formula is C28H30N6O2. The van der Waals surface area contributed by atoms with Crippen LogP contribution >= 0.6 is 0 Å². The molecule has 1 aliphatic heterocycles. The molecule has 0 saturated carbocycles. The van der Waals surface area contributed by atoms with Crippen molar-refractivity contribution < 1.29 is 9.53 Å². The summed E-state index contributed by atoms with van der Waals surface area (Å²) in [4.78, 5) is 17.8. The maximum atomic E-state index is 12.9. The molecule has 0 unspecified atom stereocenters. The summed E-state index contributed by atoms with van der Waals surface area (Å²) < 4.78 is 6.92. The smallest absolute Gasteiger partial charge is 0.278 e. The Morgan fingerprint density at radius 3 is 2.39 bits per heavy atom. The first-order valence-corrected chi connectivity index (χ1v) is 12.1. The Bertz CT molecular complexity index is 1310. The van der Waals surface area contributed by atoms with Crippen molar-refractivity contribution >= 4 is 17.3 Å². The van der Waals surface area contributed by atoms with Gasteiger partial charge < -0.3 is 15.0 Å². The second-order valence-corrected chi connectivity index (χ2v) is 8.89. The third-order valence-corrected chi connectivity index (χ3v) is 6.52. The van der Waals surface area contributed by atoms with Crippen molar-refractivity contribution in [1.82, 2.24) is 19.9 Å². The predicted molar refractivity (Wildman–Crippen MR) is 141 cm³/mol. The van der Waals surface area contributed by atoms with E-state index in [-0.39, 0.29) is 11.6 Å². The Hall–Kier alpha value is -4.17. The third kappa shape index (κ3) is 5.23. The van der Waals surface area contributed by atoms with Crippen LogP contribution in [0.5, 0.6) is 5.75 Å². The monoisotopic (exact) mass is 482 g/mol. The van der Waals surface area contributed by atoms with Gasteiger partial charge in [-0.25, -0.2) is 4.68 Å². The van der Waals surface area contributed by atoms with E-state index in [0.29, 0.717) is 11.4 Å². The molecule has 1 saturated heterocycles. The summed E-state index contributed by atoms with van der Waals surface area (Å²) in [7, 11) is 1.61. The van der Waals surface area contributed by atoms with Crippen LogP contribution in [0.25, 0.3) is 5.69 Å². The number of carbonyl (C=O) groups excluding carboxylic acids is 1. The highest BCUT2D eigenvalue weighted by Crippen LogP contribution is 2.22. The first-order valence-electron chi connectivity index (χ1n) is 12.1. The average Bonchev–Trinajstić information content (AvgIpc) is 3.31. The molecule has 1 fully saturated rings. The summed E-state index contributed by atoms with van der Waals surface area (Å²) >= 11 is 0. The molecule has 0 bridgehead atoms. The number of hydrogen-bond acceptors (Lipinski definition) is 6. The molecular weight excluding hydrogens is 452 g/mol. The maximum Gasteiger partial charge on any atom is 0.278 e. The summed E-state index contributed by atoms with van der Waals surface area (Å²) in [6, 6.07) is 26.1. The van der Waals surface area contributed by atoms with E-state index in [9.17, 15) is 4.79 Å². The van der Waals surface area contributed by atoms with Crippen molar-refractivity contribution in [2.75, 3.05) is 43.5 Å². The molecule has 1 aliphatic rings. The highest BCUT2D eigenvalue weighted by molar-refractivity contribution is 6.03. The van der Waals surface area contributed by atoms with Crippen molar-refractivity contribution in [3.8, 4) is 11.4 Å². The fourth-order valence-corrected chi connectivity index (χ4v) is 4.48. The Labute approximate surface area is 211 Å². The number of amides is 1. The van der Waals surface area contributed by atoms with Crippen molar-refractivity contribution in [3.05, 3.63) is 95.8 Å². The van der Waals surface area contributed by atoms with E-state index in [0.717, 1.165) is 49.8 Å². The zero-order chi connectivity index (χ0) is 24.9. The Morgan fingerprint density at radius 2 is 1.67 bits per heavy atom. The molecule has 0 radical (unpaired) electrons. The second kappa shape index (κ2) is 10.6. The van der Waals surface area contributed by atoms with Crippen molar-refractivity contribution in [2.24, 2.45) is 0 Å². The van der Waals surface area contributed by atoms with Crippen LogP contribution in [0, 0.1) is 6.92 Å². The number of nitrogens with zero attached hydrogens (tertiary/aromatic N) is 5. The van der Waals surface area contributed by atoms with Gasteiger partial charge in [0, 0.05) is 50.2 Å². The fraction of sp³-hybridized carbons (Fsp3) is 0.250. The van der Waals surface area contributed by atoms with Gasteiger partial charge in [-0.05, 0) is 48.9 Å². The summed E-state index contributed by atoms with van der Waals surface area (Å²) in [6.07, 6.45) is 0. The van der Waals surface area contributed by atoms with E-state index in [1.165, 1.54) is 5.56 Å². The molecule has 1 aromatic heterocycles. The molecule has 3 aromatic carbocycles. The number of aromatic nitrogens is 3. The van der Waals surface area contributed by atoms with Crippen molar-refractivity contribution in [1.29, 1.82) is 0 Å². The van der Waals surface area contributed by atoms with Crippen LogP contribution in [-0.4, -0.2) is 59.1 Å². The normalized spacial score (nSPS) is 14.0. The Balaban J connectivity index is 1.18. The van der Waals surface area contributed by atoms with Gasteiger partial charge in [0.1, 0.15) is 5.75 Å². The van der Waals surface area contributed by atoms with E-state index in [1.807, 2.05) is 43.3 Å². The van der Waals surface area contributed by atoms with Gasteiger partial charge in [0.05, 0.1) is 18.5 Å². The van der Waals surface area contributed by atoms with Crippen LogP contribution in [0.2, 0.25) is 0 Å². The Kier molecular flexibility index (Phi) is 6.95. The lowest BCUT2D eigenvalue weighted by Crippen LogP contribution is -2.45. The van der Waals surface area contributed by atoms with Crippen LogP contribution < -0.4 is 15.0 Å². The molecule has 184 valence electrons. The molecule has 8 heteroatoms. The number of benzene rings is 3. The van der Waals surface area contributed by atoms with Gasteiger partial charge in [0.15, 0.2) is 5.69 Å². The van der Waals surface area contributed by atoms with Gasteiger partial charge >= 0.3 is 0 Å². The molecule has 1 N–H and O–H groups in total. The number of methoxy groups -OCH3 is 1. The van der Waals surface area contributed by atoms with Crippen LogP contribution in [0.15, 0.2) is 78.9 Å². The van der Waals surface area contributed by atoms with E-state index in [4.69, 9.17) is 4.74 Å². The van der Waals surface area contributed by atoms with E-state index in [1.54, 1.807) is 11.8 Å². The van der Waals surface area contributed by atoms with E-state index >= 15 is 0 Å². The molecule has 4 aromatic rings. The number of hydrogen-bond donors (Lipinski definition) is 1. The van der Waals surface area contributed by atoms with Gasteiger partial charge in [-0.2, -0.15) is 0 Å². The number of piperazine rings is 1. The number of anilines is 2. The largest absolute Gasteiger partial charge is 0.497 e. The van der Waals surface area contributed by atoms with Crippen LogP contribution in [0.3, 0.4) is 0 Å². The zero-order valence-electron chi connectivity index (χ0n) is 20.6. The molecule has 8 nitrogen and oxygen atoms in total. The summed E-state index contributed by atoms with van der Waals surface area (Å²) in [5.74, 6) is 0.426. The molecule has 0 atom stereocenters. The number of rotatable bonds is 7. The Morgan fingerprint density at radius 1 is 0.917 bits per heavy atom. The average molecular weight is 483 g/mol. The lowest BCUT2D eigenvalue weighted by Gasteiger charge is -2.36. The summed E-state index contributed by atoms with van der Waals surface area (Å²) in [5, 5.41) is 11.2. The third-order valence-electron chi connectivity index (χ3n) is 6.52. The minimum absolute atomic E-state index is 0.288. The van der Waals surface area contributed by atoms with E-state index in [2.05, 4.69) is 67.9 Å². The minimum Gasteiger partial charge on any atom is -0.497 e. The van der Waals surface area contributed by atoms with Gasteiger partial charge in [0.2, 0.25) is 0 Å². The SMILES string of the molecule is COc1cccc(-n2nnc(C(=O)Nc3ccc(N4CCN(Cc5ccccc5)CC4)cc3)c2C)c1. The standard InChI is InChI=1S/C28H30N6O2/c1-21-27(30-31-34(21)25-9-6-10-26(19-25)36-2)28(35)29-23-11-13-24(14-12-23)33-17-15-32(16-18-33)20-22-7-4-3-5-8-22/h3-14,19H,15-18,20H2,1-2H3,(H,29,35). The number of carbonyl (C=O) groups is 1. The first-order chi connectivity index (χ1) is 17.6. The van der Waals surface area contributed by atoms with Gasteiger partial charge in [-0.1, -0.05) is 41.6 Å². The van der Waals surface area contributed by atoms with Crippen LogP contribution in [0.4, 0.5) is 11.4 Å². The fourth-order valence-electron chi connectivity index (χ4n) is 4.48. The summed E-state index contributed by atoms with van der Waals surface area (Å²) in [6.45, 7) is 6.82. The van der Waals surface area contributed by atoms with Crippen LogP contribution in [-0.2, 0) is 6.54 Å². The van der Waals surface area contributed by atoms with Gasteiger partial charge in [-0.15, -0.1) is 5.10 Å². The highest BCUT2D eigenvalue weighted by atomic mass is 16.5. The lowest BCUT2D eigenvalue weighted by atomic mass is 10.2.